The van der Waals surface area contributed by atoms with Gasteiger partial charge in [-0.3, -0.25) is 14.9 Å². The standard InChI is InChI=1S/C24H28ClNO5/c1-23(2,3)31-22(29)24(20(27)16-8-6-5-7-9-16)14-18(21(28)30-4)26-19(24)15-10-12-17(25)13-11-15/h5-13,18-20,26-27H,14H2,1-4H3/t18-,19-,20-,24-/m1/s1. The highest BCUT2D eigenvalue weighted by molar-refractivity contribution is 6.30. The Balaban J connectivity index is 2.18. The molecule has 0 aromatic heterocycles. The van der Waals surface area contributed by atoms with Gasteiger partial charge in [0.15, 0.2) is 0 Å². The molecule has 6 nitrogen and oxygen atoms in total. The van der Waals surface area contributed by atoms with E-state index in [2.05, 4.69) is 5.32 Å². The van der Waals surface area contributed by atoms with Crippen LogP contribution in [0.3, 0.4) is 0 Å². The number of aliphatic hydroxyl groups excluding tert-OH is 1. The van der Waals surface area contributed by atoms with E-state index < -0.39 is 41.1 Å². The van der Waals surface area contributed by atoms with Crippen LogP contribution in [0.2, 0.25) is 5.02 Å². The summed E-state index contributed by atoms with van der Waals surface area (Å²) in [7, 11) is 1.29. The molecule has 2 N–H and O–H groups in total. The third-order valence-electron chi connectivity index (χ3n) is 5.50. The minimum Gasteiger partial charge on any atom is -0.468 e. The van der Waals surface area contributed by atoms with Crippen molar-refractivity contribution in [2.75, 3.05) is 7.11 Å². The first-order valence-corrected chi connectivity index (χ1v) is 10.5. The second-order valence-corrected chi connectivity index (χ2v) is 9.22. The maximum Gasteiger partial charge on any atom is 0.322 e. The van der Waals surface area contributed by atoms with Crippen LogP contribution in [0.15, 0.2) is 54.6 Å². The van der Waals surface area contributed by atoms with Gasteiger partial charge in [-0.2, -0.15) is 0 Å². The summed E-state index contributed by atoms with van der Waals surface area (Å²) in [6, 6.07) is 14.4. The van der Waals surface area contributed by atoms with Gasteiger partial charge in [-0.25, -0.2) is 0 Å². The highest BCUT2D eigenvalue weighted by Gasteiger charge is 2.61. The average molecular weight is 446 g/mol. The lowest BCUT2D eigenvalue weighted by Gasteiger charge is -2.39. The van der Waals surface area contributed by atoms with E-state index in [0.29, 0.717) is 16.1 Å². The Morgan fingerprint density at radius 2 is 1.74 bits per heavy atom. The van der Waals surface area contributed by atoms with E-state index in [1.54, 1.807) is 69.3 Å². The molecule has 1 saturated heterocycles. The first-order valence-electron chi connectivity index (χ1n) is 10.1. The molecule has 7 heteroatoms. The van der Waals surface area contributed by atoms with Gasteiger partial charge in [0, 0.05) is 5.02 Å². The lowest BCUT2D eigenvalue weighted by atomic mass is 9.70. The van der Waals surface area contributed by atoms with Crippen molar-refractivity contribution in [2.45, 2.75) is 51.0 Å². The van der Waals surface area contributed by atoms with E-state index in [9.17, 15) is 14.7 Å². The molecular formula is C24H28ClNO5. The van der Waals surface area contributed by atoms with Gasteiger partial charge in [-0.15, -0.1) is 0 Å². The van der Waals surface area contributed by atoms with Gasteiger partial charge in [-0.05, 0) is 50.5 Å². The minimum atomic E-state index is -1.47. The molecule has 0 spiro atoms. The lowest BCUT2D eigenvalue weighted by Crippen LogP contribution is -2.45. The number of hydrogen-bond donors (Lipinski definition) is 2. The SMILES string of the molecule is COC(=O)[C@H]1C[C@](C(=O)OC(C)(C)C)([C@H](O)c2ccccc2)[C@@H](c2ccc(Cl)cc2)N1. The predicted molar refractivity (Wildman–Crippen MR) is 117 cm³/mol. The molecule has 2 aromatic carbocycles. The zero-order chi connectivity index (χ0) is 22.8. The number of methoxy groups -OCH3 is 1. The first kappa shape index (κ1) is 23.3. The van der Waals surface area contributed by atoms with E-state index >= 15 is 0 Å². The van der Waals surface area contributed by atoms with Gasteiger partial charge >= 0.3 is 11.9 Å². The molecule has 1 fully saturated rings. The third-order valence-corrected chi connectivity index (χ3v) is 5.75. The van der Waals surface area contributed by atoms with Crippen LogP contribution in [0.1, 0.15) is 50.5 Å². The van der Waals surface area contributed by atoms with Crippen LogP contribution in [0, 0.1) is 5.41 Å². The lowest BCUT2D eigenvalue weighted by molar-refractivity contribution is -0.177. The zero-order valence-corrected chi connectivity index (χ0v) is 18.8. The number of ether oxygens (including phenoxy) is 2. The summed E-state index contributed by atoms with van der Waals surface area (Å²) >= 11 is 6.06. The van der Waals surface area contributed by atoms with Gasteiger partial charge in [-0.1, -0.05) is 54.1 Å². The van der Waals surface area contributed by atoms with Crippen LogP contribution in [0.4, 0.5) is 0 Å². The molecule has 31 heavy (non-hydrogen) atoms. The van der Waals surface area contributed by atoms with Crippen LogP contribution in [0.25, 0.3) is 0 Å². The van der Waals surface area contributed by atoms with Crippen molar-refractivity contribution in [3.8, 4) is 0 Å². The van der Waals surface area contributed by atoms with Crippen molar-refractivity contribution in [2.24, 2.45) is 5.41 Å². The molecule has 0 saturated carbocycles. The van der Waals surface area contributed by atoms with Gasteiger partial charge in [0.2, 0.25) is 0 Å². The molecule has 0 amide bonds. The summed E-state index contributed by atoms with van der Waals surface area (Å²) < 4.78 is 10.7. The second-order valence-electron chi connectivity index (χ2n) is 8.79. The Morgan fingerprint density at radius 3 is 2.29 bits per heavy atom. The zero-order valence-electron chi connectivity index (χ0n) is 18.1. The topological polar surface area (TPSA) is 84.9 Å². The number of hydrogen-bond acceptors (Lipinski definition) is 6. The largest absolute Gasteiger partial charge is 0.468 e. The van der Waals surface area contributed by atoms with E-state index in [0.717, 1.165) is 0 Å². The molecule has 4 atom stereocenters. The highest BCUT2D eigenvalue weighted by atomic mass is 35.5. The molecule has 1 aliphatic rings. The number of nitrogens with one attached hydrogen (secondary N) is 1. The summed E-state index contributed by atoms with van der Waals surface area (Å²) in [6.45, 7) is 5.31. The molecule has 0 aliphatic carbocycles. The fourth-order valence-corrected chi connectivity index (χ4v) is 4.22. The van der Waals surface area contributed by atoms with Crippen LogP contribution >= 0.6 is 11.6 Å². The number of halogens is 1. The summed E-state index contributed by atoms with van der Waals surface area (Å²) in [5.41, 5.74) is -0.994. The molecule has 166 valence electrons. The second kappa shape index (κ2) is 8.99. The van der Waals surface area contributed by atoms with Crippen molar-refractivity contribution in [3.63, 3.8) is 0 Å². The average Bonchev–Trinajstić information content (AvgIpc) is 3.14. The van der Waals surface area contributed by atoms with Gasteiger partial charge in [0.1, 0.15) is 17.1 Å². The molecule has 0 bridgehead atoms. The smallest absolute Gasteiger partial charge is 0.322 e. The number of carbonyl (C=O) groups is 2. The molecule has 0 radical (unpaired) electrons. The first-order chi connectivity index (χ1) is 14.6. The Bertz CT molecular complexity index is 925. The van der Waals surface area contributed by atoms with E-state index in [-0.39, 0.29) is 6.42 Å². The molecule has 3 rings (SSSR count). The van der Waals surface area contributed by atoms with Crippen molar-refractivity contribution >= 4 is 23.5 Å². The van der Waals surface area contributed by atoms with Crippen LogP contribution in [-0.4, -0.2) is 35.8 Å². The molecule has 1 heterocycles. The number of benzene rings is 2. The van der Waals surface area contributed by atoms with Crippen LogP contribution in [-0.2, 0) is 19.1 Å². The third kappa shape index (κ3) is 4.76. The monoisotopic (exact) mass is 445 g/mol. The van der Waals surface area contributed by atoms with Gasteiger partial charge < -0.3 is 14.6 Å². The van der Waals surface area contributed by atoms with E-state index in [1.165, 1.54) is 7.11 Å². The molecule has 0 unspecified atom stereocenters. The Morgan fingerprint density at radius 1 is 1.13 bits per heavy atom. The maximum absolute atomic E-state index is 13.7. The van der Waals surface area contributed by atoms with Crippen molar-refractivity contribution < 1.29 is 24.2 Å². The fourth-order valence-electron chi connectivity index (χ4n) is 4.10. The molecular weight excluding hydrogens is 418 g/mol. The maximum atomic E-state index is 13.7. The Hall–Kier alpha value is -2.41. The number of aliphatic hydroxyl groups is 1. The number of esters is 2. The van der Waals surface area contributed by atoms with Crippen molar-refractivity contribution in [1.82, 2.24) is 5.32 Å². The minimum absolute atomic E-state index is 0.0118. The quantitative estimate of drug-likeness (QED) is 0.677. The number of rotatable bonds is 5. The Labute approximate surface area is 187 Å². The van der Waals surface area contributed by atoms with Crippen LogP contribution in [0.5, 0.6) is 0 Å². The van der Waals surface area contributed by atoms with Crippen molar-refractivity contribution in [3.05, 3.63) is 70.7 Å². The van der Waals surface area contributed by atoms with Crippen molar-refractivity contribution in [1.29, 1.82) is 0 Å². The summed E-state index contributed by atoms with van der Waals surface area (Å²) in [6.07, 6.45) is -1.22. The van der Waals surface area contributed by atoms with E-state index in [1.807, 2.05) is 6.07 Å². The summed E-state index contributed by atoms with van der Waals surface area (Å²) in [5, 5.41) is 15.3. The fraction of sp³-hybridized carbons (Fsp3) is 0.417. The Kier molecular flexibility index (Phi) is 6.74. The van der Waals surface area contributed by atoms with E-state index in [4.69, 9.17) is 21.1 Å². The molecule has 2 aromatic rings. The van der Waals surface area contributed by atoms with Gasteiger partial charge in [0.25, 0.3) is 0 Å². The number of carbonyl (C=O) groups excluding carboxylic acids is 2. The highest BCUT2D eigenvalue weighted by Crippen LogP contribution is 2.53. The molecule has 1 aliphatic heterocycles. The predicted octanol–water partition coefficient (Wildman–Crippen LogP) is 3.98. The van der Waals surface area contributed by atoms with Gasteiger partial charge in [0.05, 0.1) is 19.3 Å². The summed E-state index contributed by atoms with van der Waals surface area (Å²) in [5.74, 6) is -1.10. The van der Waals surface area contributed by atoms with Crippen LogP contribution < -0.4 is 5.32 Å². The summed E-state index contributed by atoms with van der Waals surface area (Å²) in [4.78, 5) is 26.2. The normalized spacial score (nSPS) is 24.5.